The van der Waals surface area contributed by atoms with E-state index >= 15 is 0 Å². The summed E-state index contributed by atoms with van der Waals surface area (Å²) in [6.07, 6.45) is 0. The molecule has 0 saturated heterocycles. The molecule has 0 aliphatic heterocycles. The minimum atomic E-state index is -0.0717. The molecule has 1 heterocycles. The molecule has 0 bridgehead atoms. The van der Waals surface area contributed by atoms with Crippen molar-refractivity contribution in [3.63, 3.8) is 0 Å². The fourth-order valence-corrected chi connectivity index (χ4v) is 1.62. The number of rotatable bonds is 1. The van der Waals surface area contributed by atoms with Crippen molar-refractivity contribution in [3.05, 3.63) is 28.6 Å². The summed E-state index contributed by atoms with van der Waals surface area (Å²) >= 11 is 5.90. The van der Waals surface area contributed by atoms with Crippen molar-refractivity contribution >= 4 is 28.5 Å². The zero-order valence-electron chi connectivity index (χ0n) is 7.80. The number of benzene rings is 1. The zero-order valence-corrected chi connectivity index (χ0v) is 8.55. The highest BCUT2D eigenvalue weighted by Crippen LogP contribution is 2.24. The summed E-state index contributed by atoms with van der Waals surface area (Å²) in [5, 5.41) is 0.404. The minimum absolute atomic E-state index is 0.0717. The second-order valence-corrected chi connectivity index (χ2v) is 3.50. The molecule has 2 rings (SSSR count). The molecule has 0 spiro atoms. The van der Waals surface area contributed by atoms with E-state index in [1.807, 2.05) is 0 Å². The van der Waals surface area contributed by atoms with Crippen LogP contribution in [0.4, 0.5) is 0 Å². The number of oxazole rings is 1. The van der Waals surface area contributed by atoms with Crippen LogP contribution in [0.5, 0.6) is 0 Å². The summed E-state index contributed by atoms with van der Waals surface area (Å²) in [6.45, 7) is 3.22. The molecule has 0 fully saturated rings. The molecule has 0 unspecified atom stereocenters. The number of Topliss-reactive ketones (excluding diaryl/α,β-unsaturated/α-hetero) is 1. The summed E-state index contributed by atoms with van der Waals surface area (Å²) in [7, 11) is 0. The Balaban J connectivity index is 2.76. The summed E-state index contributed by atoms with van der Waals surface area (Å²) in [5.74, 6) is 0.495. The van der Waals surface area contributed by atoms with Crippen LogP contribution in [-0.4, -0.2) is 10.8 Å². The molecule has 0 amide bonds. The molecule has 0 atom stereocenters. The summed E-state index contributed by atoms with van der Waals surface area (Å²) in [4.78, 5) is 15.3. The minimum Gasteiger partial charge on any atom is -0.441 e. The van der Waals surface area contributed by atoms with Gasteiger partial charge < -0.3 is 4.42 Å². The first-order chi connectivity index (χ1) is 6.58. The van der Waals surface area contributed by atoms with Gasteiger partial charge in [-0.1, -0.05) is 11.6 Å². The standard InChI is InChI=1S/C10H8ClNO2/c1-5(13)7-3-9-10(4-8(7)11)14-6(2)12-9/h3-4H,1-2H3. The van der Waals surface area contributed by atoms with Crippen LogP contribution in [0.3, 0.4) is 0 Å². The maximum absolute atomic E-state index is 11.2. The highest BCUT2D eigenvalue weighted by Gasteiger charge is 2.10. The van der Waals surface area contributed by atoms with Gasteiger partial charge in [0, 0.05) is 18.6 Å². The molecular formula is C10H8ClNO2. The van der Waals surface area contributed by atoms with Gasteiger partial charge in [-0.3, -0.25) is 4.79 Å². The van der Waals surface area contributed by atoms with Crippen molar-refractivity contribution in [2.75, 3.05) is 0 Å². The van der Waals surface area contributed by atoms with Crippen LogP contribution in [0.2, 0.25) is 5.02 Å². The van der Waals surface area contributed by atoms with Crippen LogP contribution in [0.1, 0.15) is 23.2 Å². The molecule has 72 valence electrons. The molecule has 1 aromatic carbocycles. The fraction of sp³-hybridized carbons (Fsp3) is 0.200. The van der Waals surface area contributed by atoms with Gasteiger partial charge in [0.05, 0.1) is 5.02 Å². The zero-order chi connectivity index (χ0) is 10.3. The van der Waals surface area contributed by atoms with Gasteiger partial charge >= 0.3 is 0 Å². The van der Waals surface area contributed by atoms with E-state index in [1.165, 1.54) is 6.92 Å². The monoisotopic (exact) mass is 209 g/mol. The van der Waals surface area contributed by atoms with Crippen molar-refractivity contribution in [1.29, 1.82) is 0 Å². The molecule has 2 aromatic rings. The van der Waals surface area contributed by atoms with Crippen molar-refractivity contribution in [1.82, 2.24) is 4.98 Å². The number of aryl methyl sites for hydroxylation is 1. The Kier molecular flexibility index (Phi) is 2.04. The number of carbonyl (C=O) groups excluding carboxylic acids is 1. The number of ketones is 1. The smallest absolute Gasteiger partial charge is 0.192 e. The average Bonchev–Trinajstić information content (AvgIpc) is 2.42. The average molecular weight is 210 g/mol. The van der Waals surface area contributed by atoms with E-state index in [0.29, 0.717) is 27.6 Å². The fourth-order valence-electron chi connectivity index (χ4n) is 1.33. The normalized spacial score (nSPS) is 10.8. The predicted octanol–water partition coefficient (Wildman–Crippen LogP) is 2.99. The van der Waals surface area contributed by atoms with Crippen molar-refractivity contribution in [2.45, 2.75) is 13.8 Å². The maximum atomic E-state index is 11.2. The second-order valence-electron chi connectivity index (χ2n) is 3.09. The molecule has 0 N–H and O–H groups in total. The van der Waals surface area contributed by atoms with Gasteiger partial charge in [-0.05, 0) is 13.0 Å². The van der Waals surface area contributed by atoms with Gasteiger partial charge in [-0.15, -0.1) is 0 Å². The lowest BCUT2D eigenvalue weighted by atomic mass is 10.1. The third-order valence-electron chi connectivity index (χ3n) is 1.96. The van der Waals surface area contributed by atoms with Crippen molar-refractivity contribution < 1.29 is 9.21 Å². The first-order valence-electron chi connectivity index (χ1n) is 4.15. The second kappa shape index (κ2) is 3.10. The van der Waals surface area contributed by atoms with Gasteiger partial charge in [-0.25, -0.2) is 4.98 Å². The first-order valence-corrected chi connectivity index (χ1v) is 4.53. The van der Waals surface area contributed by atoms with Gasteiger partial charge in [-0.2, -0.15) is 0 Å². The number of fused-ring (bicyclic) bond motifs is 1. The Morgan fingerprint density at radius 3 is 2.86 bits per heavy atom. The van der Waals surface area contributed by atoms with Gasteiger partial charge in [0.1, 0.15) is 5.52 Å². The third kappa shape index (κ3) is 1.40. The lowest BCUT2D eigenvalue weighted by Gasteiger charge is -1.97. The Morgan fingerprint density at radius 2 is 2.21 bits per heavy atom. The van der Waals surface area contributed by atoms with Crippen LogP contribution in [0, 0.1) is 6.92 Å². The predicted molar refractivity (Wildman–Crippen MR) is 53.8 cm³/mol. The van der Waals surface area contributed by atoms with E-state index in [2.05, 4.69) is 4.98 Å². The molecule has 0 aliphatic rings. The molecule has 3 nitrogen and oxygen atoms in total. The highest BCUT2D eigenvalue weighted by molar-refractivity contribution is 6.34. The summed E-state index contributed by atoms with van der Waals surface area (Å²) < 4.78 is 5.28. The molecule has 1 aromatic heterocycles. The van der Waals surface area contributed by atoms with E-state index in [4.69, 9.17) is 16.0 Å². The third-order valence-corrected chi connectivity index (χ3v) is 2.28. The van der Waals surface area contributed by atoms with Crippen LogP contribution in [0.25, 0.3) is 11.1 Å². The van der Waals surface area contributed by atoms with Crippen LogP contribution in [0.15, 0.2) is 16.5 Å². The van der Waals surface area contributed by atoms with Crippen molar-refractivity contribution in [3.8, 4) is 0 Å². The van der Waals surface area contributed by atoms with E-state index in [9.17, 15) is 4.79 Å². The number of hydrogen-bond acceptors (Lipinski definition) is 3. The molecule has 14 heavy (non-hydrogen) atoms. The molecule has 0 radical (unpaired) electrons. The lowest BCUT2D eigenvalue weighted by molar-refractivity contribution is 0.101. The number of aromatic nitrogens is 1. The number of halogens is 1. The first kappa shape index (κ1) is 9.21. The van der Waals surface area contributed by atoms with Gasteiger partial charge in [0.2, 0.25) is 0 Å². The summed E-state index contributed by atoms with van der Waals surface area (Å²) in [6, 6.07) is 3.27. The van der Waals surface area contributed by atoms with Crippen LogP contribution >= 0.6 is 11.6 Å². The SMILES string of the molecule is CC(=O)c1cc2nc(C)oc2cc1Cl. The van der Waals surface area contributed by atoms with E-state index < -0.39 is 0 Å². The number of hydrogen-bond donors (Lipinski definition) is 0. The van der Waals surface area contributed by atoms with Gasteiger partial charge in [0.25, 0.3) is 0 Å². The van der Waals surface area contributed by atoms with Gasteiger partial charge in [0.15, 0.2) is 17.3 Å². The topological polar surface area (TPSA) is 43.1 Å². The Hall–Kier alpha value is -1.35. The van der Waals surface area contributed by atoms with Crippen molar-refractivity contribution in [2.24, 2.45) is 0 Å². The maximum Gasteiger partial charge on any atom is 0.192 e. The van der Waals surface area contributed by atoms with Crippen LogP contribution in [-0.2, 0) is 0 Å². The molecule has 0 aliphatic carbocycles. The molecule has 4 heteroatoms. The lowest BCUT2D eigenvalue weighted by Crippen LogP contribution is -1.92. The van der Waals surface area contributed by atoms with E-state index in [-0.39, 0.29) is 5.78 Å². The highest BCUT2D eigenvalue weighted by atomic mass is 35.5. The molecule has 0 saturated carbocycles. The Bertz CT molecular complexity index is 516. The van der Waals surface area contributed by atoms with Crippen LogP contribution < -0.4 is 0 Å². The quantitative estimate of drug-likeness (QED) is 0.678. The summed E-state index contributed by atoms with van der Waals surface area (Å²) in [5.41, 5.74) is 1.75. The molecular weight excluding hydrogens is 202 g/mol. The Labute approximate surface area is 85.7 Å². The van der Waals surface area contributed by atoms with E-state index in [0.717, 1.165) is 0 Å². The Morgan fingerprint density at radius 1 is 1.50 bits per heavy atom. The van der Waals surface area contributed by atoms with E-state index in [1.54, 1.807) is 19.1 Å². The largest absolute Gasteiger partial charge is 0.441 e. The number of nitrogens with zero attached hydrogens (tertiary/aromatic N) is 1. The number of carbonyl (C=O) groups is 1.